The molecule has 4 aromatic rings. The maximum Gasteiger partial charge on any atom is 0.352 e. The Labute approximate surface area is 169 Å². The van der Waals surface area contributed by atoms with Crippen LogP contribution in [0.2, 0.25) is 0 Å². The molecule has 0 radical (unpaired) electrons. The van der Waals surface area contributed by atoms with Crippen LogP contribution in [-0.2, 0) is 13.0 Å². The molecule has 2 aromatic heterocycles. The number of aryl methyl sites for hydroxylation is 2. The largest absolute Gasteiger partial charge is 0.494 e. The van der Waals surface area contributed by atoms with E-state index in [0.29, 0.717) is 13.2 Å². The molecule has 4 rings (SSSR count). The third-order valence-corrected chi connectivity index (χ3v) is 4.93. The standard InChI is InChI=1S/C24H22N2O3/c1-2-29-19-10-6-9-18(15-19)23-20-16-22(24(27)28)26(21(20)11-13-25-23)14-12-17-7-4-3-5-8-17/h3-11,13,15-16H,2,12,14H2,1H3,(H,27,28). The number of carboxylic acid groups (broad SMARTS) is 1. The first-order chi connectivity index (χ1) is 14.2. The molecule has 0 aliphatic heterocycles. The molecule has 1 N–H and O–H groups in total. The molecule has 0 atom stereocenters. The van der Waals surface area contributed by atoms with E-state index in [1.54, 1.807) is 12.3 Å². The fourth-order valence-corrected chi connectivity index (χ4v) is 3.62. The van der Waals surface area contributed by atoms with Crippen LogP contribution in [0, 0.1) is 0 Å². The van der Waals surface area contributed by atoms with Crippen molar-refractivity contribution in [2.24, 2.45) is 0 Å². The molecule has 146 valence electrons. The van der Waals surface area contributed by atoms with Crippen molar-refractivity contribution in [2.45, 2.75) is 19.9 Å². The zero-order valence-corrected chi connectivity index (χ0v) is 16.2. The zero-order chi connectivity index (χ0) is 20.2. The molecule has 5 heteroatoms. The smallest absolute Gasteiger partial charge is 0.352 e. The van der Waals surface area contributed by atoms with Crippen LogP contribution in [0.25, 0.3) is 22.2 Å². The monoisotopic (exact) mass is 386 g/mol. The molecule has 29 heavy (non-hydrogen) atoms. The summed E-state index contributed by atoms with van der Waals surface area (Å²) in [4.78, 5) is 16.5. The van der Waals surface area contributed by atoms with Crippen molar-refractivity contribution in [1.82, 2.24) is 9.55 Å². The average Bonchev–Trinajstić information content (AvgIpc) is 3.12. The number of hydrogen-bond acceptors (Lipinski definition) is 3. The van der Waals surface area contributed by atoms with E-state index < -0.39 is 5.97 Å². The van der Waals surface area contributed by atoms with E-state index in [1.165, 1.54) is 5.56 Å². The Kier molecular flexibility index (Phi) is 5.29. The summed E-state index contributed by atoms with van der Waals surface area (Å²) in [7, 11) is 0. The topological polar surface area (TPSA) is 64.3 Å². The highest BCUT2D eigenvalue weighted by Gasteiger charge is 2.18. The van der Waals surface area contributed by atoms with E-state index in [1.807, 2.05) is 60.0 Å². The van der Waals surface area contributed by atoms with Crippen LogP contribution >= 0.6 is 0 Å². The number of aromatic carboxylic acids is 1. The Morgan fingerprint density at radius 1 is 1.07 bits per heavy atom. The van der Waals surface area contributed by atoms with Gasteiger partial charge in [-0.3, -0.25) is 4.98 Å². The summed E-state index contributed by atoms with van der Waals surface area (Å²) < 4.78 is 7.47. The molecule has 0 bridgehead atoms. The van der Waals surface area contributed by atoms with Gasteiger partial charge in [0.25, 0.3) is 0 Å². The molecule has 0 saturated heterocycles. The van der Waals surface area contributed by atoms with Crippen LogP contribution in [0.15, 0.2) is 72.9 Å². The van der Waals surface area contributed by atoms with Gasteiger partial charge in [0.2, 0.25) is 0 Å². The molecule has 0 fully saturated rings. The number of aromatic nitrogens is 2. The van der Waals surface area contributed by atoms with E-state index in [9.17, 15) is 9.90 Å². The van der Waals surface area contributed by atoms with Crippen molar-refractivity contribution >= 4 is 16.9 Å². The molecule has 0 aliphatic carbocycles. The molecular formula is C24H22N2O3. The first kappa shape index (κ1) is 18.7. The zero-order valence-electron chi connectivity index (χ0n) is 16.2. The molecule has 2 aromatic carbocycles. The molecule has 0 spiro atoms. The quantitative estimate of drug-likeness (QED) is 0.483. The third kappa shape index (κ3) is 3.85. The second kappa shape index (κ2) is 8.19. The van der Waals surface area contributed by atoms with Crippen molar-refractivity contribution in [3.63, 3.8) is 0 Å². The number of hydrogen-bond donors (Lipinski definition) is 1. The number of carboxylic acids is 1. The predicted octanol–water partition coefficient (Wildman–Crippen LogP) is 5.04. The van der Waals surface area contributed by atoms with Gasteiger partial charge in [0.1, 0.15) is 11.4 Å². The Bertz CT molecular complexity index is 1150. The number of rotatable bonds is 7. The molecular weight excluding hydrogens is 364 g/mol. The number of nitrogens with zero attached hydrogens (tertiary/aromatic N) is 2. The molecule has 0 saturated carbocycles. The molecule has 0 aliphatic rings. The summed E-state index contributed by atoms with van der Waals surface area (Å²) in [5.74, 6) is -0.172. The summed E-state index contributed by atoms with van der Waals surface area (Å²) in [5.41, 5.74) is 3.96. The van der Waals surface area contributed by atoms with Crippen LogP contribution in [0.4, 0.5) is 0 Å². The Balaban J connectivity index is 1.79. The van der Waals surface area contributed by atoms with Gasteiger partial charge in [-0.15, -0.1) is 0 Å². The Hall–Kier alpha value is -3.60. The minimum absolute atomic E-state index is 0.270. The Morgan fingerprint density at radius 3 is 2.66 bits per heavy atom. The highest BCUT2D eigenvalue weighted by molar-refractivity contribution is 6.00. The minimum Gasteiger partial charge on any atom is -0.494 e. The van der Waals surface area contributed by atoms with Gasteiger partial charge in [0, 0.05) is 23.7 Å². The summed E-state index contributed by atoms with van der Waals surface area (Å²) in [6.45, 7) is 3.11. The van der Waals surface area contributed by atoms with Gasteiger partial charge in [0.15, 0.2) is 0 Å². The highest BCUT2D eigenvalue weighted by Crippen LogP contribution is 2.31. The van der Waals surface area contributed by atoms with Crippen LogP contribution in [0.1, 0.15) is 23.0 Å². The van der Waals surface area contributed by atoms with Crippen LogP contribution in [0.5, 0.6) is 5.75 Å². The average molecular weight is 386 g/mol. The Morgan fingerprint density at radius 2 is 1.90 bits per heavy atom. The van der Waals surface area contributed by atoms with E-state index in [-0.39, 0.29) is 5.69 Å². The minimum atomic E-state index is -0.941. The van der Waals surface area contributed by atoms with Crippen LogP contribution in [-0.4, -0.2) is 27.2 Å². The highest BCUT2D eigenvalue weighted by atomic mass is 16.5. The first-order valence-corrected chi connectivity index (χ1v) is 9.66. The summed E-state index contributed by atoms with van der Waals surface area (Å²) in [6, 6.07) is 21.4. The third-order valence-electron chi connectivity index (χ3n) is 4.93. The van der Waals surface area contributed by atoms with Gasteiger partial charge in [0.05, 0.1) is 17.8 Å². The number of carbonyl (C=O) groups is 1. The number of pyridine rings is 1. The van der Waals surface area contributed by atoms with E-state index in [0.717, 1.165) is 34.3 Å². The molecule has 5 nitrogen and oxygen atoms in total. The number of fused-ring (bicyclic) bond motifs is 1. The van der Waals surface area contributed by atoms with Crippen molar-refractivity contribution in [1.29, 1.82) is 0 Å². The van der Waals surface area contributed by atoms with Gasteiger partial charge >= 0.3 is 5.97 Å². The number of ether oxygens (including phenoxy) is 1. The summed E-state index contributed by atoms with van der Waals surface area (Å²) in [6.07, 6.45) is 2.48. The van der Waals surface area contributed by atoms with Crippen LogP contribution < -0.4 is 4.74 Å². The fourth-order valence-electron chi connectivity index (χ4n) is 3.62. The van der Waals surface area contributed by atoms with Gasteiger partial charge in [-0.1, -0.05) is 42.5 Å². The van der Waals surface area contributed by atoms with E-state index >= 15 is 0 Å². The van der Waals surface area contributed by atoms with Crippen molar-refractivity contribution < 1.29 is 14.6 Å². The van der Waals surface area contributed by atoms with Crippen molar-refractivity contribution in [2.75, 3.05) is 6.61 Å². The lowest BCUT2D eigenvalue weighted by Gasteiger charge is -2.10. The lowest BCUT2D eigenvalue weighted by atomic mass is 10.1. The molecule has 0 amide bonds. The van der Waals surface area contributed by atoms with Gasteiger partial charge in [-0.2, -0.15) is 0 Å². The second-order valence-corrected chi connectivity index (χ2v) is 6.78. The van der Waals surface area contributed by atoms with E-state index in [2.05, 4.69) is 17.1 Å². The lowest BCUT2D eigenvalue weighted by Crippen LogP contribution is -2.10. The number of benzene rings is 2. The SMILES string of the molecule is CCOc1cccc(-c2nccc3c2cc(C(=O)O)n3CCc2ccccc2)c1. The molecule has 2 heterocycles. The fraction of sp³-hybridized carbons (Fsp3) is 0.167. The summed E-state index contributed by atoms with van der Waals surface area (Å²) in [5, 5.41) is 10.6. The lowest BCUT2D eigenvalue weighted by molar-refractivity contribution is 0.0685. The first-order valence-electron chi connectivity index (χ1n) is 9.66. The van der Waals surface area contributed by atoms with Crippen LogP contribution in [0.3, 0.4) is 0 Å². The maximum absolute atomic E-state index is 11.9. The predicted molar refractivity (Wildman–Crippen MR) is 113 cm³/mol. The normalized spacial score (nSPS) is 10.9. The van der Waals surface area contributed by atoms with Gasteiger partial charge in [-0.25, -0.2) is 4.79 Å². The second-order valence-electron chi connectivity index (χ2n) is 6.78. The van der Waals surface area contributed by atoms with Gasteiger partial charge < -0.3 is 14.4 Å². The van der Waals surface area contributed by atoms with Crippen molar-refractivity contribution in [3.8, 4) is 17.0 Å². The van der Waals surface area contributed by atoms with Gasteiger partial charge in [-0.05, 0) is 43.2 Å². The maximum atomic E-state index is 11.9. The van der Waals surface area contributed by atoms with E-state index in [4.69, 9.17) is 4.74 Å². The molecule has 0 unspecified atom stereocenters. The van der Waals surface area contributed by atoms with Crippen molar-refractivity contribution in [3.05, 3.63) is 84.2 Å². The summed E-state index contributed by atoms with van der Waals surface area (Å²) >= 11 is 0.